The average Bonchev–Trinajstić information content (AvgIpc) is 3.22. The number of nitrogens with one attached hydrogen (secondary N) is 1. The molecular formula is C30H36FN5O4. The summed E-state index contributed by atoms with van der Waals surface area (Å²) in [5, 5.41) is 4.04. The summed E-state index contributed by atoms with van der Waals surface area (Å²) >= 11 is 0. The summed E-state index contributed by atoms with van der Waals surface area (Å²) in [6, 6.07) is 6.81. The molecule has 3 aromatic rings. The van der Waals surface area contributed by atoms with Crippen LogP contribution in [0.25, 0.3) is 10.9 Å². The Hall–Kier alpha value is -3.95. The second-order valence-corrected chi connectivity index (χ2v) is 11.9. The SMILES string of the molecule is COc1cc2ncnc(Nc3ccc(F)c(C)c3C)c2cc1N1CC2(CCN(C(=O)OC(C)(C)C)CC2)CC1=O. The number of methoxy groups -OCH3 is 1. The summed E-state index contributed by atoms with van der Waals surface area (Å²) in [5.74, 6) is 0.846. The van der Waals surface area contributed by atoms with E-state index in [9.17, 15) is 14.0 Å². The summed E-state index contributed by atoms with van der Waals surface area (Å²) in [6.07, 6.45) is 2.98. The molecule has 1 aromatic heterocycles. The van der Waals surface area contributed by atoms with Crippen LogP contribution in [0.15, 0.2) is 30.6 Å². The fourth-order valence-electron chi connectivity index (χ4n) is 5.54. The first kappa shape index (κ1) is 27.6. The van der Waals surface area contributed by atoms with Crippen molar-refractivity contribution in [1.82, 2.24) is 14.9 Å². The zero-order valence-corrected chi connectivity index (χ0v) is 23.9. The number of aromatic nitrogens is 2. The number of benzene rings is 2. The van der Waals surface area contributed by atoms with Crippen LogP contribution in [0, 0.1) is 25.1 Å². The van der Waals surface area contributed by atoms with Gasteiger partial charge in [0.2, 0.25) is 5.91 Å². The molecule has 2 amide bonds. The number of hydrogen-bond acceptors (Lipinski definition) is 7. The number of piperidine rings is 1. The molecule has 2 aromatic carbocycles. The van der Waals surface area contributed by atoms with Crippen LogP contribution in [0.3, 0.4) is 0 Å². The average molecular weight is 550 g/mol. The fourth-order valence-corrected chi connectivity index (χ4v) is 5.54. The summed E-state index contributed by atoms with van der Waals surface area (Å²) < 4.78 is 25.3. The van der Waals surface area contributed by atoms with E-state index in [0.29, 0.717) is 72.6 Å². The van der Waals surface area contributed by atoms with Crippen LogP contribution in [0.5, 0.6) is 5.75 Å². The zero-order chi connectivity index (χ0) is 28.8. The molecule has 2 fully saturated rings. The number of halogens is 1. The number of fused-ring (bicyclic) bond motifs is 1. The number of hydrogen-bond donors (Lipinski definition) is 1. The Balaban J connectivity index is 1.42. The fraction of sp³-hybridized carbons (Fsp3) is 0.467. The van der Waals surface area contributed by atoms with Crippen LogP contribution >= 0.6 is 0 Å². The predicted molar refractivity (Wildman–Crippen MR) is 152 cm³/mol. The largest absolute Gasteiger partial charge is 0.494 e. The van der Waals surface area contributed by atoms with Gasteiger partial charge in [-0.2, -0.15) is 0 Å². The van der Waals surface area contributed by atoms with Gasteiger partial charge in [-0.25, -0.2) is 19.2 Å². The van der Waals surface area contributed by atoms with Crippen molar-refractivity contribution in [1.29, 1.82) is 0 Å². The van der Waals surface area contributed by atoms with E-state index in [1.807, 2.05) is 39.8 Å². The van der Waals surface area contributed by atoms with Crippen molar-refractivity contribution >= 4 is 40.1 Å². The molecule has 5 rings (SSSR count). The standard InChI is InChI=1S/C30H36FN5O4/c1-18-19(2)22(8-7-21(18)31)34-27-20-13-24(25(39-6)14-23(20)32-17-33-27)36-16-30(15-26(36)37)9-11-35(12-10-30)28(38)40-29(3,4)5/h7-8,13-14,17H,9-12,15-16H2,1-6H3,(H,32,33,34). The van der Waals surface area contributed by atoms with Crippen LogP contribution in [-0.4, -0.2) is 59.2 Å². The van der Waals surface area contributed by atoms with Crippen LogP contribution in [0.1, 0.15) is 51.2 Å². The third-order valence-electron chi connectivity index (χ3n) is 8.00. The van der Waals surface area contributed by atoms with Gasteiger partial charge in [0.15, 0.2) is 0 Å². The number of amides is 2. The third kappa shape index (κ3) is 5.26. The minimum absolute atomic E-state index is 0.0136. The van der Waals surface area contributed by atoms with Crippen LogP contribution in [-0.2, 0) is 9.53 Å². The maximum absolute atomic E-state index is 14.0. The lowest BCUT2D eigenvalue weighted by atomic mass is 9.78. The van der Waals surface area contributed by atoms with E-state index in [4.69, 9.17) is 9.47 Å². The molecule has 1 spiro atoms. The van der Waals surface area contributed by atoms with Crippen LogP contribution in [0.2, 0.25) is 0 Å². The van der Waals surface area contributed by atoms with E-state index in [2.05, 4.69) is 15.3 Å². The van der Waals surface area contributed by atoms with Gasteiger partial charge in [0, 0.05) is 48.6 Å². The highest BCUT2D eigenvalue weighted by Gasteiger charge is 2.47. The van der Waals surface area contributed by atoms with E-state index < -0.39 is 5.60 Å². The van der Waals surface area contributed by atoms with Gasteiger partial charge < -0.3 is 24.6 Å². The van der Waals surface area contributed by atoms with Crippen molar-refractivity contribution in [3.63, 3.8) is 0 Å². The second kappa shape index (κ2) is 10.2. The molecule has 9 nitrogen and oxygen atoms in total. The molecule has 0 saturated carbocycles. The Morgan fingerprint density at radius 3 is 2.50 bits per heavy atom. The highest BCUT2D eigenvalue weighted by Crippen LogP contribution is 2.46. The lowest BCUT2D eigenvalue weighted by molar-refractivity contribution is -0.118. The van der Waals surface area contributed by atoms with Crippen molar-refractivity contribution in [2.75, 3.05) is 37.0 Å². The summed E-state index contributed by atoms with van der Waals surface area (Å²) in [6.45, 7) is 10.8. The smallest absolute Gasteiger partial charge is 0.410 e. The number of anilines is 3. The Bertz CT molecular complexity index is 1480. The quantitative estimate of drug-likeness (QED) is 0.433. The van der Waals surface area contributed by atoms with Crippen LogP contribution in [0.4, 0.5) is 26.4 Å². The number of carbonyl (C=O) groups excluding carboxylic acids is 2. The van der Waals surface area contributed by atoms with Crippen molar-refractivity contribution in [3.8, 4) is 5.75 Å². The number of rotatable bonds is 4. The molecule has 0 aliphatic carbocycles. The van der Waals surface area contributed by atoms with Crippen LogP contribution < -0.4 is 15.0 Å². The van der Waals surface area contributed by atoms with Gasteiger partial charge in [-0.15, -0.1) is 0 Å². The van der Waals surface area contributed by atoms with Crippen molar-refractivity contribution in [2.45, 2.75) is 59.5 Å². The minimum Gasteiger partial charge on any atom is -0.494 e. The summed E-state index contributed by atoms with van der Waals surface area (Å²) in [5.41, 5.74) is 2.62. The number of likely N-dealkylation sites (tertiary alicyclic amines) is 1. The molecule has 0 bridgehead atoms. The molecule has 2 aliphatic rings. The van der Waals surface area contributed by atoms with Gasteiger partial charge in [-0.3, -0.25) is 4.79 Å². The van der Waals surface area contributed by atoms with Crippen molar-refractivity contribution in [2.24, 2.45) is 5.41 Å². The van der Waals surface area contributed by atoms with Gasteiger partial charge >= 0.3 is 6.09 Å². The van der Waals surface area contributed by atoms with Crippen molar-refractivity contribution < 1.29 is 23.5 Å². The molecule has 0 radical (unpaired) electrons. The number of ether oxygens (including phenoxy) is 2. The maximum atomic E-state index is 14.0. The Morgan fingerprint density at radius 1 is 1.10 bits per heavy atom. The topological polar surface area (TPSA) is 96.9 Å². The molecule has 3 heterocycles. The van der Waals surface area contributed by atoms with Gasteiger partial charge in [-0.05, 0) is 76.8 Å². The van der Waals surface area contributed by atoms with E-state index in [-0.39, 0.29) is 23.2 Å². The number of carbonyl (C=O) groups is 2. The highest BCUT2D eigenvalue weighted by molar-refractivity contribution is 6.02. The molecule has 2 aliphatic heterocycles. The molecular weight excluding hydrogens is 513 g/mol. The lowest BCUT2D eigenvalue weighted by Gasteiger charge is -2.39. The predicted octanol–water partition coefficient (Wildman–Crippen LogP) is 5.89. The van der Waals surface area contributed by atoms with E-state index in [0.717, 1.165) is 11.3 Å². The Kier molecular flexibility index (Phi) is 7.06. The van der Waals surface area contributed by atoms with Gasteiger partial charge in [0.25, 0.3) is 0 Å². The first-order valence-corrected chi connectivity index (χ1v) is 13.5. The molecule has 0 unspecified atom stereocenters. The van der Waals surface area contributed by atoms with E-state index >= 15 is 0 Å². The first-order chi connectivity index (χ1) is 18.9. The van der Waals surface area contributed by atoms with Gasteiger partial charge in [-0.1, -0.05) is 0 Å². The van der Waals surface area contributed by atoms with Crippen molar-refractivity contribution in [3.05, 3.63) is 47.5 Å². The normalized spacial score (nSPS) is 17.0. The van der Waals surface area contributed by atoms with Gasteiger partial charge in [0.1, 0.15) is 29.3 Å². The highest BCUT2D eigenvalue weighted by atomic mass is 19.1. The Morgan fingerprint density at radius 2 is 1.82 bits per heavy atom. The Labute approximate surface area is 233 Å². The summed E-state index contributed by atoms with van der Waals surface area (Å²) in [4.78, 5) is 38.4. The zero-order valence-electron chi connectivity index (χ0n) is 23.9. The second-order valence-electron chi connectivity index (χ2n) is 11.9. The lowest BCUT2D eigenvalue weighted by Crippen LogP contribution is -2.46. The molecule has 10 heteroatoms. The molecule has 212 valence electrons. The molecule has 0 atom stereocenters. The minimum atomic E-state index is -0.551. The van der Waals surface area contributed by atoms with E-state index in [1.54, 1.807) is 29.9 Å². The molecule has 40 heavy (non-hydrogen) atoms. The third-order valence-corrected chi connectivity index (χ3v) is 8.00. The number of nitrogens with zero attached hydrogens (tertiary/aromatic N) is 4. The van der Waals surface area contributed by atoms with Gasteiger partial charge in [0.05, 0.1) is 18.3 Å². The maximum Gasteiger partial charge on any atom is 0.410 e. The summed E-state index contributed by atoms with van der Waals surface area (Å²) in [7, 11) is 1.57. The van der Waals surface area contributed by atoms with E-state index in [1.165, 1.54) is 12.4 Å². The monoisotopic (exact) mass is 549 g/mol. The molecule has 1 N–H and O–H groups in total. The first-order valence-electron chi connectivity index (χ1n) is 13.5. The molecule has 2 saturated heterocycles.